The molecule has 1 fully saturated rings. The summed E-state index contributed by atoms with van der Waals surface area (Å²) in [4.78, 5) is 33.2. The molecule has 0 radical (unpaired) electrons. The standard InChI is InChI=1S/C20H17FN4O2S2/c1-12-7-14(10-22-19(12)21)23-17-4-2-3-16(24-17)20(13-5-6-29-11-13)9-15(26)8-18(27)25(20)28/h2-7,10-11,28H,8-9H2,1H3,(H,23,24). The van der Waals surface area contributed by atoms with Crippen molar-refractivity contribution in [3.05, 3.63) is 70.1 Å². The molecule has 1 amide bonds. The summed E-state index contributed by atoms with van der Waals surface area (Å²) in [7, 11) is 0. The molecule has 1 unspecified atom stereocenters. The summed E-state index contributed by atoms with van der Waals surface area (Å²) in [5, 5.41) is 6.88. The normalized spacial score (nSPS) is 19.5. The van der Waals surface area contributed by atoms with Gasteiger partial charge in [0.05, 0.1) is 24.0 Å². The molecule has 1 aliphatic heterocycles. The second-order valence-corrected chi connectivity index (χ2v) is 8.01. The van der Waals surface area contributed by atoms with Crippen LogP contribution in [0.1, 0.15) is 29.7 Å². The van der Waals surface area contributed by atoms with E-state index in [1.165, 1.54) is 21.8 Å². The number of thiophene rings is 1. The molecule has 3 aromatic heterocycles. The number of thiol groups is 1. The Hall–Kier alpha value is -2.78. The van der Waals surface area contributed by atoms with E-state index >= 15 is 0 Å². The number of ketones is 1. The van der Waals surface area contributed by atoms with E-state index in [-0.39, 0.29) is 24.5 Å². The first kappa shape index (κ1) is 19.5. The number of nitrogens with one attached hydrogen (secondary N) is 1. The van der Waals surface area contributed by atoms with Crippen LogP contribution in [-0.4, -0.2) is 26.0 Å². The van der Waals surface area contributed by atoms with Gasteiger partial charge in [0.25, 0.3) is 0 Å². The van der Waals surface area contributed by atoms with Crippen LogP contribution in [0.3, 0.4) is 0 Å². The summed E-state index contributed by atoms with van der Waals surface area (Å²) in [5.41, 5.74) is 1.19. The fourth-order valence-corrected chi connectivity index (χ4v) is 4.54. The van der Waals surface area contributed by atoms with Crippen LogP contribution in [-0.2, 0) is 15.1 Å². The summed E-state index contributed by atoms with van der Waals surface area (Å²) in [6.07, 6.45) is 1.30. The molecule has 0 bridgehead atoms. The molecule has 4 rings (SSSR count). The monoisotopic (exact) mass is 428 g/mol. The van der Waals surface area contributed by atoms with Gasteiger partial charge in [0, 0.05) is 12.0 Å². The van der Waals surface area contributed by atoms with Gasteiger partial charge < -0.3 is 5.32 Å². The average molecular weight is 429 g/mol. The first-order valence-corrected chi connectivity index (χ1v) is 10.2. The Balaban J connectivity index is 1.78. The van der Waals surface area contributed by atoms with Gasteiger partial charge in [-0.15, -0.1) is 0 Å². The lowest BCUT2D eigenvalue weighted by Gasteiger charge is -2.42. The van der Waals surface area contributed by atoms with E-state index in [0.29, 0.717) is 22.8 Å². The van der Waals surface area contributed by atoms with E-state index in [0.717, 1.165) is 5.56 Å². The maximum atomic E-state index is 13.4. The Labute approximate surface area is 176 Å². The van der Waals surface area contributed by atoms with Crippen LogP contribution < -0.4 is 5.32 Å². The van der Waals surface area contributed by atoms with Gasteiger partial charge >= 0.3 is 0 Å². The highest BCUT2D eigenvalue weighted by Crippen LogP contribution is 2.44. The number of pyridine rings is 2. The maximum absolute atomic E-state index is 13.4. The van der Waals surface area contributed by atoms with Crippen LogP contribution in [0, 0.1) is 12.9 Å². The molecule has 1 saturated heterocycles. The number of aryl methyl sites for hydroxylation is 1. The first-order valence-electron chi connectivity index (χ1n) is 8.83. The van der Waals surface area contributed by atoms with Crippen molar-refractivity contribution in [3.8, 4) is 0 Å². The second-order valence-electron chi connectivity index (χ2n) is 6.83. The molecule has 4 heterocycles. The van der Waals surface area contributed by atoms with Crippen molar-refractivity contribution >= 4 is 47.3 Å². The zero-order chi connectivity index (χ0) is 20.6. The Morgan fingerprint density at radius 3 is 2.86 bits per heavy atom. The molecule has 29 heavy (non-hydrogen) atoms. The molecule has 0 spiro atoms. The number of carbonyl (C=O) groups excluding carboxylic acids is 2. The minimum absolute atomic E-state index is 0.0899. The molecule has 9 heteroatoms. The summed E-state index contributed by atoms with van der Waals surface area (Å²) in [6, 6.07) is 8.80. The van der Waals surface area contributed by atoms with E-state index in [1.807, 2.05) is 16.8 Å². The van der Waals surface area contributed by atoms with E-state index in [1.54, 1.807) is 31.2 Å². The third-order valence-corrected chi connectivity index (χ3v) is 6.11. The number of anilines is 2. The molecule has 3 aromatic rings. The molecule has 6 nitrogen and oxygen atoms in total. The lowest BCUT2D eigenvalue weighted by molar-refractivity contribution is -0.139. The predicted molar refractivity (Wildman–Crippen MR) is 112 cm³/mol. The third kappa shape index (κ3) is 3.51. The first-order chi connectivity index (χ1) is 13.9. The van der Waals surface area contributed by atoms with Crippen molar-refractivity contribution < 1.29 is 14.0 Å². The lowest BCUT2D eigenvalue weighted by Crippen LogP contribution is -2.51. The molecule has 1 N–H and O–H groups in total. The van der Waals surface area contributed by atoms with Gasteiger partial charge in [-0.25, -0.2) is 9.97 Å². The summed E-state index contributed by atoms with van der Waals surface area (Å²) in [5.74, 6) is -0.574. The largest absolute Gasteiger partial charge is 0.339 e. The van der Waals surface area contributed by atoms with Crippen LogP contribution in [0.4, 0.5) is 15.9 Å². The molecule has 1 aliphatic rings. The fraction of sp³-hybridized carbons (Fsp3) is 0.200. The van der Waals surface area contributed by atoms with Crippen molar-refractivity contribution in [2.75, 3.05) is 5.32 Å². The highest BCUT2D eigenvalue weighted by atomic mass is 32.1. The average Bonchev–Trinajstić information content (AvgIpc) is 3.23. The number of halogens is 1. The maximum Gasteiger partial charge on any atom is 0.240 e. The van der Waals surface area contributed by atoms with Gasteiger partial charge in [-0.05, 0) is 47.5 Å². The SMILES string of the molecule is Cc1cc(Nc2cccc(C3(c4ccsc4)CC(=O)CC(=O)N3S)n2)cnc1F. The Morgan fingerprint density at radius 2 is 2.14 bits per heavy atom. The second kappa shape index (κ2) is 7.57. The molecule has 0 aliphatic carbocycles. The van der Waals surface area contributed by atoms with Gasteiger partial charge in [-0.1, -0.05) is 18.9 Å². The van der Waals surface area contributed by atoms with Gasteiger partial charge in [-0.2, -0.15) is 15.7 Å². The number of Topliss-reactive ketones (excluding diaryl/α,β-unsaturated/α-hetero) is 1. The fourth-order valence-electron chi connectivity index (χ4n) is 3.46. The van der Waals surface area contributed by atoms with Crippen LogP contribution >= 0.6 is 24.2 Å². The summed E-state index contributed by atoms with van der Waals surface area (Å²) in [6.45, 7) is 1.63. The van der Waals surface area contributed by atoms with Crippen molar-refractivity contribution in [1.82, 2.24) is 14.3 Å². The van der Waals surface area contributed by atoms with Crippen LogP contribution in [0.25, 0.3) is 0 Å². The summed E-state index contributed by atoms with van der Waals surface area (Å²) < 4.78 is 14.7. The zero-order valence-corrected chi connectivity index (χ0v) is 17.1. The third-order valence-electron chi connectivity index (χ3n) is 4.86. The molecular weight excluding hydrogens is 411 g/mol. The lowest BCUT2D eigenvalue weighted by atomic mass is 9.79. The van der Waals surface area contributed by atoms with Crippen molar-refractivity contribution in [2.45, 2.75) is 25.3 Å². The van der Waals surface area contributed by atoms with Crippen molar-refractivity contribution in [3.63, 3.8) is 0 Å². The minimum atomic E-state index is -1.09. The molecule has 148 valence electrons. The zero-order valence-electron chi connectivity index (χ0n) is 15.4. The number of nitrogens with zero attached hydrogens (tertiary/aromatic N) is 3. The number of aromatic nitrogens is 2. The quantitative estimate of drug-likeness (QED) is 0.373. The molecule has 0 saturated carbocycles. The Morgan fingerprint density at radius 1 is 1.31 bits per heavy atom. The van der Waals surface area contributed by atoms with E-state index in [9.17, 15) is 14.0 Å². The highest BCUT2D eigenvalue weighted by molar-refractivity contribution is 7.78. The molecular formula is C20H17FN4O2S2. The van der Waals surface area contributed by atoms with Gasteiger partial charge in [0.15, 0.2) is 0 Å². The number of amides is 1. The number of carbonyl (C=O) groups is 2. The van der Waals surface area contributed by atoms with Crippen LogP contribution in [0.15, 0.2) is 47.3 Å². The Kier molecular flexibility index (Phi) is 5.10. The molecule has 1 atom stereocenters. The van der Waals surface area contributed by atoms with Gasteiger partial charge in [-0.3, -0.25) is 13.9 Å². The van der Waals surface area contributed by atoms with Crippen molar-refractivity contribution in [1.29, 1.82) is 0 Å². The van der Waals surface area contributed by atoms with E-state index < -0.39 is 11.5 Å². The highest BCUT2D eigenvalue weighted by Gasteiger charge is 2.49. The van der Waals surface area contributed by atoms with Gasteiger partial charge in [0.1, 0.15) is 17.1 Å². The van der Waals surface area contributed by atoms with Crippen LogP contribution in [0.5, 0.6) is 0 Å². The number of hydrogen-bond acceptors (Lipinski definition) is 7. The number of piperidine rings is 1. The topological polar surface area (TPSA) is 75.2 Å². The Bertz CT molecular complexity index is 1090. The van der Waals surface area contributed by atoms with E-state index in [2.05, 4.69) is 28.1 Å². The van der Waals surface area contributed by atoms with E-state index in [4.69, 9.17) is 0 Å². The number of hydrogen-bond donors (Lipinski definition) is 2. The predicted octanol–water partition coefficient (Wildman–Crippen LogP) is 4.01. The summed E-state index contributed by atoms with van der Waals surface area (Å²) >= 11 is 5.93. The van der Waals surface area contributed by atoms with Crippen molar-refractivity contribution in [2.24, 2.45) is 0 Å². The number of rotatable bonds is 4. The molecule has 0 aromatic carbocycles. The van der Waals surface area contributed by atoms with Crippen LogP contribution in [0.2, 0.25) is 0 Å². The van der Waals surface area contributed by atoms with Gasteiger partial charge in [0.2, 0.25) is 11.9 Å². The smallest absolute Gasteiger partial charge is 0.240 e. The minimum Gasteiger partial charge on any atom is -0.339 e.